The Morgan fingerprint density at radius 1 is 1.05 bits per heavy atom. The van der Waals surface area contributed by atoms with E-state index in [0.717, 1.165) is 4.41 Å². The molecule has 0 fully saturated rings. The molecule has 0 spiro atoms. The summed E-state index contributed by atoms with van der Waals surface area (Å²) in [7, 11) is -6.13. The number of sulfonamides is 2. The number of benzene rings is 3. The van der Waals surface area contributed by atoms with Crippen molar-refractivity contribution >= 4 is 37.1 Å². The van der Waals surface area contributed by atoms with Crippen LogP contribution in [0.4, 0.5) is 11.4 Å². The molecule has 0 aliphatic carbocycles. The van der Waals surface area contributed by atoms with Gasteiger partial charge >= 0.3 is 0 Å². The van der Waals surface area contributed by atoms with Crippen LogP contribution in [-0.2, 0) is 20.0 Å². The monoisotopic (exact) mass is 544 g/mol. The average Bonchev–Trinajstić information content (AvgIpc) is 3.35. The molecule has 0 saturated heterocycles. The van der Waals surface area contributed by atoms with E-state index in [4.69, 9.17) is 4.74 Å². The van der Waals surface area contributed by atoms with Gasteiger partial charge < -0.3 is 4.74 Å². The Balaban J connectivity index is 1.74. The number of non-ortho nitro benzene ring substituents is 1. The van der Waals surface area contributed by atoms with E-state index in [9.17, 15) is 26.9 Å². The summed E-state index contributed by atoms with van der Waals surface area (Å²) in [6.45, 7) is 1.52. The molecule has 0 aromatic heterocycles. The van der Waals surface area contributed by atoms with Gasteiger partial charge in [-0.15, -0.1) is 0 Å². The zero-order valence-electron chi connectivity index (χ0n) is 19.9. The van der Waals surface area contributed by atoms with Crippen molar-refractivity contribution in [1.82, 2.24) is 4.41 Å². The van der Waals surface area contributed by atoms with Crippen LogP contribution in [-0.4, -0.2) is 44.7 Å². The number of nitro groups is 1. The first-order chi connectivity index (χ1) is 17.5. The Bertz CT molecular complexity index is 1550. The highest BCUT2D eigenvalue weighted by molar-refractivity contribution is 7.92. The fourth-order valence-corrected chi connectivity index (χ4v) is 5.89. The van der Waals surface area contributed by atoms with Crippen molar-refractivity contribution in [2.75, 3.05) is 17.6 Å². The first-order valence-electron chi connectivity index (χ1n) is 11.2. The van der Waals surface area contributed by atoms with Crippen LogP contribution >= 0.6 is 0 Å². The lowest BCUT2D eigenvalue weighted by molar-refractivity contribution is -0.384. The van der Waals surface area contributed by atoms with Crippen LogP contribution in [0.1, 0.15) is 30.5 Å². The number of nitro benzene ring substituents is 1. The van der Waals surface area contributed by atoms with Crippen molar-refractivity contribution in [2.24, 2.45) is 5.10 Å². The Morgan fingerprint density at radius 3 is 2.32 bits per heavy atom. The minimum absolute atomic E-state index is 0.0157. The Labute approximate surface area is 214 Å². The second-order valence-electron chi connectivity index (χ2n) is 8.15. The lowest BCUT2D eigenvalue weighted by atomic mass is 9.99. The number of nitrogens with one attached hydrogen (secondary N) is 1. The Hall–Kier alpha value is -3.97. The van der Waals surface area contributed by atoms with E-state index >= 15 is 0 Å². The minimum Gasteiger partial charge on any atom is -0.497 e. The summed E-state index contributed by atoms with van der Waals surface area (Å²) in [5, 5.41) is 15.8. The molecular weight excluding hydrogens is 520 g/mol. The Morgan fingerprint density at radius 2 is 1.73 bits per heavy atom. The molecule has 0 saturated carbocycles. The zero-order chi connectivity index (χ0) is 26.8. The highest BCUT2D eigenvalue weighted by Gasteiger charge is 2.38. The maximum atomic E-state index is 13.6. The summed E-state index contributed by atoms with van der Waals surface area (Å²) in [5.74, 6) is 0.406. The van der Waals surface area contributed by atoms with Gasteiger partial charge in [-0.2, -0.15) is 17.9 Å². The predicted molar refractivity (Wildman–Crippen MR) is 139 cm³/mol. The first-order valence-corrected chi connectivity index (χ1v) is 14.2. The van der Waals surface area contributed by atoms with E-state index in [2.05, 4.69) is 9.82 Å². The van der Waals surface area contributed by atoms with Crippen molar-refractivity contribution in [1.29, 1.82) is 0 Å². The zero-order valence-corrected chi connectivity index (χ0v) is 21.6. The van der Waals surface area contributed by atoms with Crippen molar-refractivity contribution in [3.05, 3.63) is 94.0 Å². The summed E-state index contributed by atoms with van der Waals surface area (Å²) < 4.78 is 59.5. The molecule has 1 N–H and O–H groups in total. The van der Waals surface area contributed by atoms with Crippen molar-refractivity contribution in [3.8, 4) is 5.75 Å². The van der Waals surface area contributed by atoms with Crippen LogP contribution < -0.4 is 9.46 Å². The van der Waals surface area contributed by atoms with Gasteiger partial charge in [0, 0.05) is 24.2 Å². The average molecular weight is 545 g/mol. The van der Waals surface area contributed by atoms with Gasteiger partial charge in [0.1, 0.15) is 5.75 Å². The van der Waals surface area contributed by atoms with Crippen LogP contribution in [0.15, 0.2) is 82.8 Å². The second kappa shape index (κ2) is 10.2. The van der Waals surface area contributed by atoms with Gasteiger partial charge in [0.2, 0.25) is 10.0 Å². The van der Waals surface area contributed by atoms with E-state index < -0.39 is 31.0 Å². The van der Waals surface area contributed by atoms with E-state index in [1.54, 1.807) is 30.3 Å². The van der Waals surface area contributed by atoms with E-state index in [1.165, 1.54) is 56.5 Å². The number of hydrogen-bond acceptors (Lipinski definition) is 8. The lowest BCUT2D eigenvalue weighted by Gasteiger charge is -2.23. The number of ether oxygens (including phenoxy) is 1. The number of hydrazone groups is 1. The molecule has 0 unspecified atom stereocenters. The van der Waals surface area contributed by atoms with Gasteiger partial charge in [0.05, 0.1) is 34.4 Å². The molecule has 3 aromatic carbocycles. The first kappa shape index (κ1) is 26.1. The van der Waals surface area contributed by atoms with Crippen LogP contribution in [0.2, 0.25) is 0 Å². The second-order valence-corrected chi connectivity index (χ2v) is 12.0. The minimum atomic E-state index is -4.14. The van der Waals surface area contributed by atoms with Gasteiger partial charge in [-0.3, -0.25) is 14.8 Å². The number of anilines is 1. The maximum Gasteiger partial charge on any atom is 0.279 e. The molecular formula is C24H24N4O7S2. The molecule has 11 nitrogen and oxygen atoms in total. The quantitative estimate of drug-likeness (QED) is 0.317. The molecule has 0 radical (unpaired) electrons. The summed E-state index contributed by atoms with van der Waals surface area (Å²) in [6.07, 6.45) is 0.149. The molecule has 1 heterocycles. The van der Waals surface area contributed by atoms with Gasteiger partial charge in [-0.05, 0) is 54.4 Å². The van der Waals surface area contributed by atoms with Gasteiger partial charge in [0.25, 0.3) is 15.7 Å². The van der Waals surface area contributed by atoms with Gasteiger partial charge in [-0.25, -0.2) is 8.42 Å². The van der Waals surface area contributed by atoms with Crippen molar-refractivity contribution in [2.45, 2.75) is 24.3 Å². The highest BCUT2D eigenvalue weighted by atomic mass is 32.2. The van der Waals surface area contributed by atoms with Crippen LogP contribution in [0.25, 0.3) is 0 Å². The largest absolute Gasteiger partial charge is 0.497 e. The lowest BCUT2D eigenvalue weighted by Crippen LogP contribution is -2.27. The molecule has 1 aliphatic heterocycles. The van der Waals surface area contributed by atoms with Crippen molar-refractivity contribution < 1.29 is 26.5 Å². The molecule has 0 bridgehead atoms. The predicted octanol–water partition coefficient (Wildman–Crippen LogP) is 3.91. The summed E-state index contributed by atoms with van der Waals surface area (Å²) in [4.78, 5) is 10.8. The third-order valence-electron chi connectivity index (χ3n) is 5.81. The van der Waals surface area contributed by atoms with Crippen LogP contribution in [0, 0.1) is 10.1 Å². The molecule has 37 heavy (non-hydrogen) atoms. The highest BCUT2D eigenvalue weighted by Crippen LogP contribution is 2.38. The number of rotatable bonds is 9. The fraction of sp³-hybridized carbons (Fsp3) is 0.208. The summed E-state index contributed by atoms with van der Waals surface area (Å²) >= 11 is 0. The van der Waals surface area contributed by atoms with Crippen LogP contribution in [0.3, 0.4) is 0 Å². The van der Waals surface area contributed by atoms with Crippen molar-refractivity contribution in [3.63, 3.8) is 0 Å². The molecule has 1 aliphatic rings. The maximum absolute atomic E-state index is 13.6. The Kier molecular flexibility index (Phi) is 7.18. The van der Waals surface area contributed by atoms with E-state index in [0.29, 0.717) is 28.3 Å². The molecule has 1 atom stereocenters. The smallest absolute Gasteiger partial charge is 0.279 e. The standard InChI is InChI=1S/C24H24N4O7S2/c1-3-36(31,32)26-19-9-7-17(8-10-19)23-16-24(18-5-4-6-20(15-18)28(29)30)27(25-23)37(33,34)22-13-11-21(35-2)12-14-22/h4-15,24,26H,3,16H2,1-2H3/t24-/m0/s1. The number of methoxy groups -OCH3 is 1. The SMILES string of the molecule is CCS(=O)(=O)Nc1ccc(C2=NN(S(=O)(=O)c3ccc(OC)cc3)[C@H](c3cccc([N+](=O)[O-])c3)C2)cc1. The van der Waals surface area contributed by atoms with Gasteiger partial charge in [-0.1, -0.05) is 24.3 Å². The van der Waals surface area contributed by atoms with Crippen LogP contribution in [0.5, 0.6) is 5.75 Å². The summed E-state index contributed by atoms with van der Waals surface area (Å²) in [5.41, 5.74) is 1.63. The van der Waals surface area contributed by atoms with E-state index in [1.807, 2.05) is 0 Å². The number of hydrogen-bond donors (Lipinski definition) is 1. The molecule has 13 heteroatoms. The molecule has 4 rings (SSSR count). The fourth-order valence-electron chi connectivity index (χ4n) is 3.82. The van der Waals surface area contributed by atoms with Gasteiger partial charge in [0.15, 0.2) is 0 Å². The number of nitrogens with zero attached hydrogens (tertiary/aromatic N) is 3. The third kappa shape index (κ3) is 5.57. The normalized spacial score (nSPS) is 15.8. The molecule has 194 valence electrons. The van der Waals surface area contributed by atoms with E-state index in [-0.39, 0.29) is 22.8 Å². The molecule has 0 amide bonds. The molecule has 3 aromatic rings. The summed E-state index contributed by atoms with van der Waals surface area (Å²) in [6, 6.07) is 17.2. The topological polar surface area (TPSA) is 148 Å². The third-order valence-corrected chi connectivity index (χ3v) is 8.82.